The van der Waals surface area contributed by atoms with Crippen molar-refractivity contribution in [1.29, 1.82) is 5.26 Å². The molecule has 0 unspecified atom stereocenters. The summed E-state index contributed by atoms with van der Waals surface area (Å²) in [6, 6.07) is 37.4. The van der Waals surface area contributed by atoms with E-state index >= 15 is 0 Å². The quantitative estimate of drug-likeness (QED) is 0.128. The van der Waals surface area contributed by atoms with Gasteiger partial charge in [0.1, 0.15) is 0 Å². The molecule has 3 nitrogen and oxygen atoms in total. The smallest absolute Gasteiger partial charge is 0.0795 e. The number of aryl methyl sites for hydroxylation is 2. The summed E-state index contributed by atoms with van der Waals surface area (Å²) in [4.78, 5) is 8.98. The van der Waals surface area contributed by atoms with E-state index in [-0.39, 0.29) is 25.7 Å². The second kappa shape index (κ2) is 15.8. The number of nitrogens with zero attached hydrogens (tertiary/aromatic N) is 3. The van der Waals surface area contributed by atoms with Crippen LogP contribution in [0.15, 0.2) is 97.3 Å². The average Bonchev–Trinajstić information content (AvgIpc) is 3.54. The molecule has 1 aliphatic rings. The zero-order valence-corrected chi connectivity index (χ0v) is 34.4. The van der Waals surface area contributed by atoms with Crippen molar-refractivity contribution in [2.75, 3.05) is 0 Å². The first kappa shape index (κ1) is 32.4. The second-order valence-corrected chi connectivity index (χ2v) is 20.6. The number of benzene rings is 4. The van der Waals surface area contributed by atoms with Crippen molar-refractivity contribution in [2.45, 2.75) is 71.9 Å². The third kappa shape index (κ3) is 7.89. The first-order valence-corrected chi connectivity index (χ1v) is 21.8. The molecule has 0 amide bonds. The van der Waals surface area contributed by atoms with E-state index in [1.165, 1.54) is 63.0 Å². The Morgan fingerprint density at radius 2 is 1.65 bits per heavy atom. The van der Waals surface area contributed by atoms with Crippen molar-refractivity contribution in [3.63, 3.8) is 0 Å². The van der Waals surface area contributed by atoms with Gasteiger partial charge in [-0.25, -0.2) is 5.26 Å². The molecule has 0 spiro atoms. The Morgan fingerprint density at radius 1 is 0.846 bits per heavy atom. The summed E-state index contributed by atoms with van der Waals surface area (Å²) in [7, 11) is -1.29. The van der Waals surface area contributed by atoms with Gasteiger partial charge >= 0.3 is 0 Å². The van der Waals surface area contributed by atoms with E-state index < -0.39 is 20.8 Å². The van der Waals surface area contributed by atoms with Crippen LogP contribution in [0.25, 0.3) is 53.8 Å². The Labute approximate surface area is 332 Å². The van der Waals surface area contributed by atoms with Crippen LogP contribution in [-0.2, 0) is 32.9 Å². The fourth-order valence-corrected chi connectivity index (χ4v) is 8.90. The monoisotopic (exact) mass is 894 g/mol. The van der Waals surface area contributed by atoms with E-state index in [1.807, 2.05) is 24.4 Å². The zero-order valence-electron chi connectivity index (χ0n) is 34.1. The molecule has 6 heteroatoms. The predicted octanol–water partition coefficient (Wildman–Crippen LogP) is 11.9. The fraction of sp³-hybridized carbons (Fsp3) is 0.239. The van der Waals surface area contributed by atoms with Crippen LogP contribution in [0, 0.1) is 30.3 Å². The third-order valence-corrected chi connectivity index (χ3v) is 12.8. The second-order valence-electron chi connectivity index (χ2n) is 14.5. The number of nitriles is 1. The van der Waals surface area contributed by atoms with Crippen LogP contribution >= 0.6 is 11.3 Å². The molecule has 1 radical (unpaired) electrons. The minimum atomic E-state index is -2.31. The zero-order chi connectivity index (χ0) is 39.1. The first-order valence-electron chi connectivity index (χ1n) is 19.5. The van der Waals surface area contributed by atoms with Gasteiger partial charge in [0.15, 0.2) is 0 Å². The molecule has 0 N–H and O–H groups in total. The van der Waals surface area contributed by atoms with E-state index in [9.17, 15) is 0 Å². The van der Waals surface area contributed by atoms with E-state index in [0.29, 0.717) is 16.8 Å². The van der Waals surface area contributed by atoms with Crippen molar-refractivity contribution < 1.29 is 25.6 Å². The van der Waals surface area contributed by atoms with Gasteiger partial charge in [-0.2, -0.15) is 11.3 Å². The van der Waals surface area contributed by atoms with Gasteiger partial charge in [-0.15, -0.1) is 53.6 Å². The molecule has 0 atom stereocenters. The van der Waals surface area contributed by atoms with Gasteiger partial charge in [-0.1, -0.05) is 87.4 Å². The van der Waals surface area contributed by atoms with Crippen LogP contribution in [0.2, 0.25) is 19.6 Å². The molecular formula is C46H43IrN3SSi-2. The Kier molecular flexibility index (Phi) is 9.84. The SMILES string of the molecule is C[Si](C)(C)c1ccc(-c2[c-]cc(C#N)cc2)nc1.[2H]C([2H])([2H])c1cnc(-c2[c-]cc3sc4cc(-c5cccc6c5CCCC6)ccc4c3c2)cc1C([2H])(C)C.[Ir]. The van der Waals surface area contributed by atoms with Gasteiger partial charge in [0.25, 0.3) is 0 Å². The van der Waals surface area contributed by atoms with Crippen molar-refractivity contribution in [1.82, 2.24) is 9.97 Å². The predicted molar refractivity (Wildman–Crippen MR) is 219 cm³/mol. The fourth-order valence-electron chi connectivity index (χ4n) is 6.75. The molecule has 8 rings (SSSR count). The van der Waals surface area contributed by atoms with E-state index in [0.717, 1.165) is 33.3 Å². The van der Waals surface area contributed by atoms with Crippen molar-refractivity contribution in [3.05, 3.63) is 137 Å². The van der Waals surface area contributed by atoms with E-state index in [1.54, 1.807) is 43.4 Å². The number of hydrogen-bond acceptors (Lipinski definition) is 4. The minimum absolute atomic E-state index is 0. The maximum Gasteiger partial charge on any atom is 0.0795 e. The van der Waals surface area contributed by atoms with Gasteiger partial charge in [0, 0.05) is 48.8 Å². The molecular weight excluding hydrogens is 847 g/mol. The van der Waals surface area contributed by atoms with Crippen LogP contribution in [-0.4, -0.2) is 18.0 Å². The molecule has 3 heterocycles. The van der Waals surface area contributed by atoms with Gasteiger partial charge in [0.05, 0.1) is 8.07 Å². The molecule has 0 fully saturated rings. The molecule has 0 aliphatic heterocycles. The summed E-state index contributed by atoms with van der Waals surface area (Å²) < 4.78 is 34.6. The molecule has 0 saturated heterocycles. The van der Waals surface area contributed by atoms with Gasteiger partial charge < -0.3 is 9.97 Å². The molecule has 7 aromatic rings. The molecule has 1 aliphatic carbocycles. The van der Waals surface area contributed by atoms with Crippen molar-refractivity contribution in [3.8, 4) is 39.7 Å². The number of fused-ring (bicyclic) bond motifs is 4. The van der Waals surface area contributed by atoms with Crippen LogP contribution in [0.1, 0.15) is 65.9 Å². The maximum absolute atomic E-state index is 8.74. The van der Waals surface area contributed by atoms with Crippen LogP contribution in [0.3, 0.4) is 0 Å². The van der Waals surface area contributed by atoms with Crippen LogP contribution in [0.5, 0.6) is 0 Å². The van der Waals surface area contributed by atoms with Crippen LogP contribution in [0.4, 0.5) is 0 Å². The Morgan fingerprint density at radius 3 is 2.37 bits per heavy atom. The summed E-state index contributed by atoms with van der Waals surface area (Å²) in [6.07, 6.45) is 8.23. The third-order valence-electron chi connectivity index (χ3n) is 9.68. The summed E-state index contributed by atoms with van der Waals surface area (Å²) in [5.41, 5.74) is 10.1. The Hall–Kier alpha value is -4.24. The van der Waals surface area contributed by atoms with Gasteiger partial charge in [-0.3, -0.25) is 0 Å². The largest absolute Gasteiger partial charge is 0.305 e. The topological polar surface area (TPSA) is 49.6 Å². The molecule has 263 valence electrons. The van der Waals surface area contributed by atoms with Gasteiger partial charge in [-0.05, 0) is 110 Å². The standard InChI is InChI=1S/C31H28NS.C15H15N2Si.Ir/c1-19(2)27-17-29(32-18-20(27)3)23-12-14-30-28(15-23)26-13-11-22(16-31(26)33-30)25-10-6-8-21-7-4-5-9-24(21)25;1-18(2,3)14-8-9-15(17-11-14)13-6-4-12(10-16)5-7-13;/h6,8,10-11,13-19H,4-5,7,9H2,1-3H3;4-6,8-9,11H,1-3H3;/q2*-1;/i3D3,19D;;. The summed E-state index contributed by atoms with van der Waals surface area (Å²) in [5, 5.41) is 12.4. The molecule has 52 heavy (non-hydrogen) atoms. The van der Waals surface area contributed by atoms with E-state index in [2.05, 4.69) is 96.3 Å². The molecule has 4 aromatic carbocycles. The normalized spacial score (nSPS) is 14.1. The van der Waals surface area contributed by atoms with Crippen molar-refractivity contribution >= 4 is 44.8 Å². The molecule has 0 bridgehead atoms. The summed E-state index contributed by atoms with van der Waals surface area (Å²) in [5.74, 6) is -1.06. The molecule has 3 aromatic heterocycles. The minimum Gasteiger partial charge on any atom is -0.305 e. The number of hydrogen-bond donors (Lipinski definition) is 0. The Balaban J connectivity index is 0.000000236. The average molecular weight is 894 g/mol. The van der Waals surface area contributed by atoms with Gasteiger partial charge in [0.2, 0.25) is 0 Å². The maximum atomic E-state index is 8.74. The van der Waals surface area contributed by atoms with Crippen molar-refractivity contribution in [2.24, 2.45) is 0 Å². The number of pyridine rings is 2. The number of rotatable bonds is 5. The summed E-state index contributed by atoms with van der Waals surface area (Å²) in [6.45, 7) is 8.02. The summed E-state index contributed by atoms with van der Waals surface area (Å²) >= 11 is 1.77. The van der Waals surface area contributed by atoms with Crippen LogP contribution < -0.4 is 5.19 Å². The Bertz CT molecular complexity index is 2560. The molecule has 0 saturated carbocycles. The number of thiophene rings is 1. The first-order chi connectivity index (χ1) is 26.1. The van der Waals surface area contributed by atoms with E-state index in [4.69, 9.17) is 10.7 Å². The number of aromatic nitrogens is 2.